The largest absolute Gasteiger partial charge is 0.390 e. The predicted octanol–water partition coefficient (Wildman–Crippen LogP) is 2.18. The van der Waals surface area contributed by atoms with Crippen LogP contribution in [0.2, 0.25) is 0 Å². The number of hydrogen-bond acceptors (Lipinski definition) is 2. The minimum atomic E-state index is 0.0236. The summed E-state index contributed by atoms with van der Waals surface area (Å²) in [6, 6.07) is 4.04. The molecule has 1 aromatic heterocycles. The molecule has 0 aliphatic rings. The lowest BCUT2D eigenvalue weighted by molar-refractivity contribution is 0.275. The molecule has 72 valence electrons. The van der Waals surface area contributed by atoms with Crippen LogP contribution >= 0.6 is 0 Å². The highest BCUT2D eigenvalue weighted by atomic mass is 16.3. The van der Waals surface area contributed by atoms with Gasteiger partial charge in [0.05, 0.1) is 12.3 Å². The van der Waals surface area contributed by atoms with Gasteiger partial charge in [-0.3, -0.25) is 4.98 Å². The lowest BCUT2D eigenvalue weighted by atomic mass is 9.91. The number of pyridine rings is 1. The monoisotopic (exact) mass is 179 g/mol. The summed E-state index contributed by atoms with van der Waals surface area (Å²) in [4.78, 5) is 4.41. The first kappa shape index (κ1) is 10.2. The van der Waals surface area contributed by atoms with E-state index in [-0.39, 0.29) is 12.0 Å². The molecule has 0 spiro atoms. The fourth-order valence-corrected chi connectivity index (χ4v) is 1.15. The van der Waals surface area contributed by atoms with Crippen LogP contribution in [0.1, 0.15) is 37.7 Å². The van der Waals surface area contributed by atoms with Crippen LogP contribution in [-0.4, -0.2) is 10.1 Å². The molecule has 0 unspecified atom stereocenters. The van der Waals surface area contributed by atoms with Crippen LogP contribution in [0.15, 0.2) is 12.1 Å². The highest BCUT2D eigenvalue weighted by Crippen LogP contribution is 2.21. The molecule has 0 bridgehead atoms. The molecule has 0 saturated heterocycles. The molecule has 0 fully saturated rings. The Morgan fingerprint density at radius 2 is 1.92 bits per heavy atom. The number of rotatable bonds is 1. The van der Waals surface area contributed by atoms with Crippen LogP contribution in [0.25, 0.3) is 0 Å². The zero-order chi connectivity index (χ0) is 10.1. The summed E-state index contributed by atoms with van der Waals surface area (Å²) in [5.41, 5.74) is 2.92. The predicted molar refractivity (Wildman–Crippen MR) is 53.6 cm³/mol. The van der Waals surface area contributed by atoms with E-state index in [0.717, 1.165) is 17.0 Å². The summed E-state index contributed by atoms with van der Waals surface area (Å²) in [6.07, 6.45) is 0. The number of aromatic nitrogens is 1. The van der Waals surface area contributed by atoms with Crippen LogP contribution in [0.4, 0.5) is 0 Å². The van der Waals surface area contributed by atoms with Gasteiger partial charge in [-0.25, -0.2) is 0 Å². The van der Waals surface area contributed by atoms with Crippen molar-refractivity contribution in [3.8, 4) is 0 Å². The van der Waals surface area contributed by atoms with Gasteiger partial charge >= 0.3 is 0 Å². The SMILES string of the molecule is Cc1ccc(C(C)(C)C)nc1CO. The lowest BCUT2D eigenvalue weighted by Crippen LogP contribution is -2.14. The van der Waals surface area contributed by atoms with Gasteiger partial charge in [0.15, 0.2) is 0 Å². The summed E-state index contributed by atoms with van der Waals surface area (Å²) in [7, 11) is 0. The van der Waals surface area contributed by atoms with E-state index in [2.05, 4.69) is 25.8 Å². The number of nitrogens with zero attached hydrogens (tertiary/aromatic N) is 1. The maximum atomic E-state index is 9.05. The van der Waals surface area contributed by atoms with Crippen molar-refractivity contribution in [1.29, 1.82) is 0 Å². The molecule has 0 saturated carbocycles. The van der Waals surface area contributed by atoms with E-state index >= 15 is 0 Å². The van der Waals surface area contributed by atoms with Crippen LogP contribution in [0.5, 0.6) is 0 Å². The van der Waals surface area contributed by atoms with Crippen molar-refractivity contribution in [2.24, 2.45) is 0 Å². The van der Waals surface area contributed by atoms with E-state index in [1.807, 2.05) is 19.1 Å². The molecule has 13 heavy (non-hydrogen) atoms. The highest BCUT2D eigenvalue weighted by Gasteiger charge is 2.15. The van der Waals surface area contributed by atoms with Crippen LogP contribution in [-0.2, 0) is 12.0 Å². The first-order chi connectivity index (χ1) is 5.95. The van der Waals surface area contributed by atoms with Crippen molar-refractivity contribution in [2.75, 3.05) is 0 Å². The van der Waals surface area contributed by atoms with E-state index in [9.17, 15) is 0 Å². The average molecular weight is 179 g/mol. The molecule has 0 radical (unpaired) electrons. The summed E-state index contributed by atoms with van der Waals surface area (Å²) in [5, 5.41) is 9.05. The van der Waals surface area contributed by atoms with Crippen LogP contribution in [0, 0.1) is 6.92 Å². The first-order valence-electron chi connectivity index (χ1n) is 4.53. The second-order valence-corrected chi connectivity index (χ2v) is 4.37. The molecule has 1 heterocycles. The quantitative estimate of drug-likeness (QED) is 0.716. The maximum Gasteiger partial charge on any atom is 0.0855 e. The van der Waals surface area contributed by atoms with E-state index < -0.39 is 0 Å². The Hall–Kier alpha value is -0.890. The van der Waals surface area contributed by atoms with Crippen molar-refractivity contribution in [3.63, 3.8) is 0 Å². The molecule has 1 rings (SSSR count). The van der Waals surface area contributed by atoms with Gasteiger partial charge in [-0.2, -0.15) is 0 Å². The summed E-state index contributed by atoms with van der Waals surface area (Å²) in [5.74, 6) is 0. The third-order valence-electron chi connectivity index (χ3n) is 2.12. The fourth-order valence-electron chi connectivity index (χ4n) is 1.15. The van der Waals surface area contributed by atoms with Crippen molar-refractivity contribution < 1.29 is 5.11 Å². The van der Waals surface area contributed by atoms with Gasteiger partial charge in [-0.15, -0.1) is 0 Å². The first-order valence-corrected chi connectivity index (χ1v) is 4.53. The Balaban J connectivity index is 3.14. The molecule has 1 N–H and O–H groups in total. The topological polar surface area (TPSA) is 33.1 Å². The van der Waals surface area contributed by atoms with Gasteiger partial charge in [-0.1, -0.05) is 26.8 Å². The highest BCUT2D eigenvalue weighted by molar-refractivity contribution is 5.24. The minimum Gasteiger partial charge on any atom is -0.390 e. The molecular weight excluding hydrogens is 162 g/mol. The molecule has 2 nitrogen and oxygen atoms in total. The summed E-state index contributed by atoms with van der Waals surface area (Å²) >= 11 is 0. The summed E-state index contributed by atoms with van der Waals surface area (Å²) < 4.78 is 0. The third kappa shape index (κ3) is 2.28. The van der Waals surface area contributed by atoms with Gasteiger partial charge in [0, 0.05) is 11.1 Å². The average Bonchev–Trinajstić information content (AvgIpc) is 2.03. The van der Waals surface area contributed by atoms with Crippen molar-refractivity contribution >= 4 is 0 Å². The minimum absolute atomic E-state index is 0.0236. The third-order valence-corrected chi connectivity index (χ3v) is 2.12. The lowest BCUT2D eigenvalue weighted by Gasteiger charge is -2.18. The van der Waals surface area contributed by atoms with Crippen molar-refractivity contribution in [3.05, 3.63) is 29.1 Å². The van der Waals surface area contributed by atoms with Gasteiger partial charge in [0.2, 0.25) is 0 Å². The van der Waals surface area contributed by atoms with Crippen molar-refractivity contribution in [1.82, 2.24) is 4.98 Å². The van der Waals surface area contributed by atoms with E-state index in [1.54, 1.807) is 0 Å². The standard InChI is InChI=1S/C11H17NO/c1-8-5-6-10(11(2,3)4)12-9(8)7-13/h5-6,13H,7H2,1-4H3. The molecule has 0 amide bonds. The van der Waals surface area contributed by atoms with Gasteiger partial charge < -0.3 is 5.11 Å². The Kier molecular flexibility index (Phi) is 2.71. The maximum absolute atomic E-state index is 9.05. The zero-order valence-electron chi connectivity index (χ0n) is 8.76. The number of aliphatic hydroxyl groups excluding tert-OH is 1. The van der Waals surface area contributed by atoms with Gasteiger partial charge in [-0.05, 0) is 18.6 Å². The van der Waals surface area contributed by atoms with Crippen LogP contribution < -0.4 is 0 Å². The van der Waals surface area contributed by atoms with Gasteiger partial charge in [0.1, 0.15) is 0 Å². The molecule has 0 atom stereocenters. The van der Waals surface area contributed by atoms with E-state index in [4.69, 9.17) is 5.11 Å². The van der Waals surface area contributed by atoms with Gasteiger partial charge in [0.25, 0.3) is 0 Å². The summed E-state index contributed by atoms with van der Waals surface area (Å²) in [6.45, 7) is 8.34. The van der Waals surface area contributed by atoms with Crippen LogP contribution in [0.3, 0.4) is 0 Å². The Bertz CT molecular complexity index is 299. The molecule has 1 aromatic rings. The second kappa shape index (κ2) is 3.46. The molecular formula is C11H17NO. The fraction of sp³-hybridized carbons (Fsp3) is 0.545. The van der Waals surface area contributed by atoms with E-state index in [1.165, 1.54) is 0 Å². The molecule has 0 aliphatic carbocycles. The Labute approximate surface area is 79.6 Å². The molecule has 0 aliphatic heterocycles. The Morgan fingerprint density at radius 1 is 1.31 bits per heavy atom. The normalized spacial score (nSPS) is 11.8. The van der Waals surface area contributed by atoms with E-state index in [0.29, 0.717) is 0 Å². The second-order valence-electron chi connectivity index (χ2n) is 4.37. The number of aliphatic hydroxyl groups is 1. The number of aryl methyl sites for hydroxylation is 1. The Morgan fingerprint density at radius 3 is 2.38 bits per heavy atom. The smallest absolute Gasteiger partial charge is 0.0855 e. The number of hydrogen-bond donors (Lipinski definition) is 1. The molecule has 2 heteroatoms. The molecule has 0 aromatic carbocycles. The van der Waals surface area contributed by atoms with Crippen molar-refractivity contribution in [2.45, 2.75) is 39.7 Å². The zero-order valence-corrected chi connectivity index (χ0v) is 8.76.